The third-order valence-corrected chi connectivity index (χ3v) is 3.13. The van der Waals surface area contributed by atoms with Gasteiger partial charge in [-0.3, -0.25) is 20.2 Å². The lowest BCUT2D eigenvalue weighted by atomic mass is 10.1. The zero-order chi connectivity index (χ0) is 17.7. The fourth-order valence-electron chi connectivity index (χ4n) is 1.88. The molecule has 122 valence electrons. The Morgan fingerprint density at radius 2 is 1.79 bits per heavy atom. The largest absolute Gasteiger partial charge is 0.545 e. The first-order valence-electron chi connectivity index (χ1n) is 6.55. The molecule has 2 rings (SSSR count). The molecule has 8 nitrogen and oxygen atoms in total. The van der Waals surface area contributed by atoms with Crippen LogP contribution in [0, 0.1) is 10.1 Å². The van der Waals surface area contributed by atoms with Crippen molar-refractivity contribution >= 4 is 40.6 Å². The van der Waals surface area contributed by atoms with Gasteiger partial charge in [-0.2, -0.15) is 0 Å². The number of nitro benzene ring substituents is 1. The maximum Gasteiger partial charge on any atom is 0.282 e. The van der Waals surface area contributed by atoms with Crippen LogP contribution in [0.15, 0.2) is 48.5 Å². The minimum atomic E-state index is -1.35. The molecule has 0 aliphatic heterocycles. The van der Waals surface area contributed by atoms with Gasteiger partial charge in [0, 0.05) is 11.8 Å². The number of carbonyl (C=O) groups excluding carboxylic acids is 2. The number of hydrogen-bond donors (Lipinski definition) is 2. The second-order valence-electron chi connectivity index (χ2n) is 4.55. The fourth-order valence-corrected chi connectivity index (χ4v) is 2.09. The summed E-state index contributed by atoms with van der Waals surface area (Å²) in [6.07, 6.45) is 0. The second kappa shape index (κ2) is 7.29. The van der Waals surface area contributed by atoms with Crippen molar-refractivity contribution in [3.63, 3.8) is 0 Å². The van der Waals surface area contributed by atoms with E-state index in [1.165, 1.54) is 48.5 Å². The molecular weight excluding hydrogens is 334 g/mol. The highest BCUT2D eigenvalue weighted by Crippen LogP contribution is 2.17. The van der Waals surface area contributed by atoms with Crippen molar-refractivity contribution < 1.29 is 19.6 Å². The number of amides is 1. The van der Waals surface area contributed by atoms with Crippen LogP contribution in [0.5, 0.6) is 0 Å². The molecule has 24 heavy (non-hydrogen) atoms. The lowest BCUT2D eigenvalue weighted by Gasteiger charge is -2.11. The standard InChI is InChI=1S/C15H11N3O5S/c19-13(11-6-1-2-7-12(11)18(22)23)17-15(24)16-10-5-3-4-9(8-10)14(20)21/h1-8H,(H,20,21)(H2,16,17,19,24)/p-1. The Morgan fingerprint density at radius 3 is 2.46 bits per heavy atom. The van der Waals surface area contributed by atoms with Crippen LogP contribution < -0.4 is 15.7 Å². The molecule has 0 aliphatic carbocycles. The molecule has 0 radical (unpaired) electrons. The molecule has 0 fully saturated rings. The van der Waals surface area contributed by atoms with E-state index < -0.39 is 16.8 Å². The van der Waals surface area contributed by atoms with Crippen LogP contribution in [0.3, 0.4) is 0 Å². The third kappa shape index (κ3) is 4.11. The molecule has 2 aromatic rings. The number of para-hydroxylation sites is 1. The Morgan fingerprint density at radius 1 is 1.08 bits per heavy atom. The molecule has 0 aliphatic rings. The first kappa shape index (κ1) is 17.0. The monoisotopic (exact) mass is 344 g/mol. The topological polar surface area (TPSA) is 124 Å². The smallest absolute Gasteiger partial charge is 0.282 e. The zero-order valence-electron chi connectivity index (χ0n) is 12.0. The molecule has 0 spiro atoms. The lowest BCUT2D eigenvalue weighted by molar-refractivity contribution is -0.385. The summed E-state index contributed by atoms with van der Waals surface area (Å²) in [7, 11) is 0. The van der Waals surface area contributed by atoms with E-state index in [4.69, 9.17) is 12.2 Å². The van der Waals surface area contributed by atoms with Crippen LogP contribution in [0.4, 0.5) is 11.4 Å². The number of carbonyl (C=O) groups is 2. The van der Waals surface area contributed by atoms with Crippen molar-refractivity contribution in [3.8, 4) is 0 Å². The summed E-state index contributed by atoms with van der Waals surface area (Å²) in [4.78, 5) is 33.1. The number of aromatic carboxylic acids is 1. The highest BCUT2D eigenvalue weighted by atomic mass is 32.1. The normalized spacial score (nSPS) is 9.83. The predicted molar refractivity (Wildman–Crippen MR) is 87.6 cm³/mol. The fraction of sp³-hybridized carbons (Fsp3) is 0. The highest BCUT2D eigenvalue weighted by Gasteiger charge is 2.19. The maximum atomic E-state index is 12.1. The Hall–Kier alpha value is -3.33. The molecular formula is C15H10N3O5S-. The number of nitrogens with zero attached hydrogens (tertiary/aromatic N) is 1. The number of carboxylic acid groups (broad SMARTS) is 1. The van der Waals surface area contributed by atoms with Gasteiger partial charge in [0.15, 0.2) is 5.11 Å². The predicted octanol–water partition coefficient (Wildman–Crippen LogP) is 1.09. The molecule has 0 bridgehead atoms. The van der Waals surface area contributed by atoms with Gasteiger partial charge in [0.1, 0.15) is 5.56 Å². The number of benzene rings is 2. The van der Waals surface area contributed by atoms with Gasteiger partial charge < -0.3 is 15.2 Å². The summed E-state index contributed by atoms with van der Waals surface area (Å²) in [5.74, 6) is -2.11. The summed E-state index contributed by atoms with van der Waals surface area (Å²) in [6, 6.07) is 11.1. The van der Waals surface area contributed by atoms with Crippen molar-refractivity contribution in [2.75, 3.05) is 5.32 Å². The van der Waals surface area contributed by atoms with Crippen molar-refractivity contribution in [2.24, 2.45) is 0 Å². The molecule has 0 unspecified atom stereocenters. The van der Waals surface area contributed by atoms with Crippen molar-refractivity contribution in [2.45, 2.75) is 0 Å². The number of rotatable bonds is 4. The lowest BCUT2D eigenvalue weighted by Crippen LogP contribution is -2.34. The van der Waals surface area contributed by atoms with E-state index in [0.717, 1.165) is 0 Å². The number of thiocarbonyl (C=S) groups is 1. The van der Waals surface area contributed by atoms with Crippen molar-refractivity contribution in [1.29, 1.82) is 0 Å². The van der Waals surface area contributed by atoms with E-state index in [9.17, 15) is 24.8 Å². The van der Waals surface area contributed by atoms with Gasteiger partial charge >= 0.3 is 0 Å². The number of hydrogen-bond acceptors (Lipinski definition) is 6. The third-order valence-electron chi connectivity index (χ3n) is 2.93. The number of carboxylic acids is 1. The Kier molecular flexibility index (Phi) is 5.17. The van der Waals surface area contributed by atoms with Crippen LogP contribution in [0.1, 0.15) is 20.7 Å². The molecule has 0 aromatic heterocycles. The van der Waals surface area contributed by atoms with E-state index in [2.05, 4.69) is 10.6 Å². The average Bonchev–Trinajstić information content (AvgIpc) is 2.54. The van der Waals surface area contributed by atoms with Crippen LogP contribution in [-0.2, 0) is 0 Å². The molecule has 0 saturated heterocycles. The van der Waals surface area contributed by atoms with Crippen LogP contribution in [-0.4, -0.2) is 21.9 Å². The average molecular weight is 344 g/mol. The SMILES string of the molecule is O=C([O-])c1cccc(NC(=S)NC(=O)c2ccccc2[N+](=O)[O-])c1. The molecule has 0 saturated carbocycles. The van der Waals surface area contributed by atoms with Gasteiger partial charge in [-0.15, -0.1) is 0 Å². The van der Waals surface area contributed by atoms with Crippen LogP contribution in [0.25, 0.3) is 0 Å². The molecule has 1 amide bonds. The number of nitro groups is 1. The Balaban J connectivity index is 2.10. The zero-order valence-corrected chi connectivity index (χ0v) is 12.8. The highest BCUT2D eigenvalue weighted by molar-refractivity contribution is 7.80. The van der Waals surface area contributed by atoms with Gasteiger partial charge in [0.25, 0.3) is 11.6 Å². The molecule has 0 heterocycles. The van der Waals surface area contributed by atoms with Crippen LogP contribution >= 0.6 is 12.2 Å². The second-order valence-corrected chi connectivity index (χ2v) is 4.96. The Bertz CT molecular complexity index is 837. The van der Waals surface area contributed by atoms with Crippen molar-refractivity contribution in [3.05, 3.63) is 69.8 Å². The van der Waals surface area contributed by atoms with Gasteiger partial charge in [-0.05, 0) is 36.0 Å². The summed E-state index contributed by atoms with van der Waals surface area (Å²) >= 11 is 4.95. The van der Waals surface area contributed by atoms with Gasteiger partial charge in [-0.25, -0.2) is 0 Å². The van der Waals surface area contributed by atoms with Crippen molar-refractivity contribution in [1.82, 2.24) is 5.32 Å². The molecule has 2 N–H and O–H groups in total. The minimum Gasteiger partial charge on any atom is -0.545 e. The van der Waals surface area contributed by atoms with E-state index in [-0.39, 0.29) is 21.9 Å². The molecule has 0 atom stereocenters. The van der Waals surface area contributed by atoms with E-state index in [1.54, 1.807) is 0 Å². The van der Waals surface area contributed by atoms with E-state index in [0.29, 0.717) is 5.69 Å². The minimum absolute atomic E-state index is 0.0622. The first-order chi connectivity index (χ1) is 11.4. The van der Waals surface area contributed by atoms with Crippen LogP contribution in [0.2, 0.25) is 0 Å². The van der Waals surface area contributed by atoms with E-state index in [1.807, 2.05) is 0 Å². The van der Waals surface area contributed by atoms with Gasteiger partial charge in [-0.1, -0.05) is 24.3 Å². The summed E-state index contributed by atoms with van der Waals surface area (Å²) < 4.78 is 0. The van der Waals surface area contributed by atoms with E-state index >= 15 is 0 Å². The summed E-state index contributed by atoms with van der Waals surface area (Å²) in [5, 5.41) is 26.5. The quantitative estimate of drug-likeness (QED) is 0.483. The summed E-state index contributed by atoms with van der Waals surface area (Å²) in [6.45, 7) is 0. The van der Waals surface area contributed by atoms with Gasteiger partial charge in [0.2, 0.25) is 0 Å². The number of anilines is 1. The first-order valence-corrected chi connectivity index (χ1v) is 6.96. The van der Waals surface area contributed by atoms with Gasteiger partial charge in [0.05, 0.1) is 10.9 Å². The number of nitrogens with one attached hydrogen (secondary N) is 2. The Labute approximate surface area is 141 Å². The molecule has 9 heteroatoms. The maximum absolute atomic E-state index is 12.1. The molecule has 2 aromatic carbocycles. The summed E-state index contributed by atoms with van der Waals surface area (Å²) in [5.41, 5.74) is -0.232.